The average molecular weight is 321 g/mol. The number of thiophene rings is 1. The molecule has 0 aliphatic heterocycles. The highest BCUT2D eigenvalue weighted by molar-refractivity contribution is 14.1. The summed E-state index contributed by atoms with van der Waals surface area (Å²) in [5.74, 6) is 0.0219. The zero-order valence-corrected chi connectivity index (χ0v) is 10.9. The van der Waals surface area contributed by atoms with E-state index < -0.39 is 0 Å². The van der Waals surface area contributed by atoms with E-state index in [0.717, 1.165) is 14.9 Å². The minimum Gasteiger partial charge on any atom is -0.352 e. The van der Waals surface area contributed by atoms with Gasteiger partial charge in [0, 0.05) is 11.9 Å². The Morgan fingerprint density at radius 2 is 2.50 bits per heavy atom. The number of nitrogens with one attached hydrogen (secondary N) is 1. The van der Waals surface area contributed by atoms with Crippen LogP contribution in [0.2, 0.25) is 0 Å². The van der Waals surface area contributed by atoms with Gasteiger partial charge in [-0.1, -0.05) is 12.2 Å². The van der Waals surface area contributed by atoms with Gasteiger partial charge in [-0.2, -0.15) is 0 Å². The second kappa shape index (κ2) is 6.19. The molecule has 1 aromatic rings. The fraction of sp³-hybridized carbons (Fsp3) is 0.300. The number of allylic oxidation sites excluding steroid dienone is 1. The molecule has 1 rings (SSSR count). The van der Waals surface area contributed by atoms with Crippen LogP contribution < -0.4 is 5.32 Å². The Hall–Kier alpha value is -0.360. The summed E-state index contributed by atoms with van der Waals surface area (Å²) in [6.45, 7) is 2.68. The molecule has 1 amide bonds. The first-order valence-corrected chi connectivity index (χ1v) is 6.33. The van der Waals surface area contributed by atoms with Gasteiger partial charge < -0.3 is 5.32 Å². The van der Waals surface area contributed by atoms with Crippen LogP contribution in [0.4, 0.5) is 0 Å². The Morgan fingerprint density at radius 3 is 3.07 bits per heavy atom. The Bertz CT molecular complexity index is 333. The summed E-state index contributed by atoms with van der Waals surface area (Å²) >= 11 is 3.80. The first-order chi connectivity index (χ1) is 6.74. The van der Waals surface area contributed by atoms with Gasteiger partial charge in [0.2, 0.25) is 0 Å². The monoisotopic (exact) mass is 321 g/mol. The number of rotatable bonds is 4. The van der Waals surface area contributed by atoms with Gasteiger partial charge in [-0.3, -0.25) is 4.79 Å². The predicted molar refractivity (Wildman–Crippen MR) is 68.8 cm³/mol. The van der Waals surface area contributed by atoms with E-state index in [9.17, 15) is 4.79 Å². The molecule has 2 nitrogen and oxygen atoms in total. The lowest BCUT2D eigenvalue weighted by atomic mass is 10.3. The normalized spacial score (nSPS) is 10.7. The summed E-state index contributed by atoms with van der Waals surface area (Å²) < 4.78 is 1.14. The largest absolute Gasteiger partial charge is 0.352 e. The van der Waals surface area contributed by atoms with Crippen molar-refractivity contribution in [1.82, 2.24) is 5.32 Å². The Kier molecular flexibility index (Phi) is 5.17. The molecule has 0 saturated heterocycles. The van der Waals surface area contributed by atoms with E-state index in [2.05, 4.69) is 27.9 Å². The summed E-state index contributed by atoms with van der Waals surface area (Å²) in [6.07, 6.45) is 4.92. The minimum atomic E-state index is 0.0219. The van der Waals surface area contributed by atoms with Gasteiger partial charge >= 0.3 is 0 Å². The highest BCUT2D eigenvalue weighted by Crippen LogP contribution is 2.16. The molecule has 0 unspecified atom stereocenters. The second-order valence-corrected chi connectivity index (χ2v) is 5.56. The lowest BCUT2D eigenvalue weighted by Crippen LogP contribution is -2.23. The smallest absolute Gasteiger partial charge is 0.252 e. The first-order valence-electron chi connectivity index (χ1n) is 4.37. The SMILES string of the molecule is C/C=C/CCNC(=O)c1csc(I)c1. The van der Waals surface area contributed by atoms with Crippen LogP contribution in [0.3, 0.4) is 0 Å². The number of hydrogen-bond donors (Lipinski definition) is 1. The van der Waals surface area contributed by atoms with Gasteiger partial charge in [0.1, 0.15) is 0 Å². The topological polar surface area (TPSA) is 29.1 Å². The summed E-state index contributed by atoms with van der Waals surface area (Å²) in [4.78, 5) is 11.5. The van der Waals surface area contributed by atoms with Crippen molar-refractivity contribution in [2.75, 3.05) is 6.54 Å². The molecule has 0 aliphatic carbocycles. The van der Waals surface area contributed by atoms with E-state index in [-0.39, 0.29) is 5.91 Å². The predicted octanol–water partition coefficient (Wildman–Crippen LogP) is 3.05. The van der Waals surface area contributed by atoms with E-state index in [1.54, 1.807) is 11.3 Å². The maximum absolute atomic E-state index is 11.5. The van der Waals surface area contributed by atoms with Crippen LogP contribution in [0, 0.1) is 2.88 Å². The molecule has 14 heavy (non-hydrogen) atoms. The van der Waals surface area contributed by atoms with Crippen molar-refractivity contribution in [2.24, 2.45) is 0 Å². The number of carbonyl (C=O) groups excluding carboxylic acids is 1. The average Bonchev–Trinajstić information content (AvgIpc) is 2.59. The van der Waals surface area contributed by atoms with E-state index in [0.29, 0.717) is 6.54 Å². The second-order valence-electron chi connectivity index (χ2n) is 2.75. The number of halogens is 1. The summed E-state index contributed by atoms with van der Waals surface area (Å²) in [5, 5.41) is 4.74. The van der Waals surface area contributed by atoms with Crippen LogP contribution in [0.25, 0.3) is 0 Å². The van der Waals surface area contributed by atoms with Crippen molar-refractivity contribution in [2.45, 2.75) is 13.3 Å². The Balaban J connectivity index is 2.35. The highest BCUT2D eigenvalue weighted by atomic mass is 127. The van der Waals surface area contributed by atoms with Crippen LogP contribution in [0.15, 0.2) is 23.6 Å². The molecule has 0 aromatic carbocycles. The first kappa shape index (κ1) is 11.7. The molecule has 0 fully saturated rings. The van der Waals surface area contributed by atoms with Crippen molar-refractivity contribution >= 4 is 39.8 Å². The molecule has 1 N–H and O–H groups in total. The van der Waals surface area contributed by atoms with Crippen molar-refractivity contribution in [3.05, 3.63) is 32.0 Å². The number of carbonyl (C=O) groups is 1. The van der Waals surface area contributed by atoms with Gasteiger partial charge in [0.15, 0.2) is 0 Å². The number of amides is 1. The zero-order valence-electron chi connectivity index (χ0n) is 7.92. The third-order valence-electron chi connectivity index (χ3n) is 1.66. The molecular formula is C10H12INOS. The fourth-order valence-electron chi connectivity index (χ4n) is 0.967. The molecule has 0 spiro atoms. The molecule has 0 radical (unpaired) electrons. The van der Waals surface area contributed by atoms with Gasteiger partial charge in [-0.15, -0.1) is 11.3 Å². The molecule has 4 heteroatoms. The van der Waals surface area contributed by atoms with Gasteiger partial charge in [0.05, 0.1) is 8.45 Å². The van der Waals surface area contributed by atoms with Crippen molar-refractivity contribution in [3.63, 3.8) is 0 Å². The third-order valence-corrected chi connectivity index (χ3v) is 3.45. The van der Waals surface area contributed by atoms with Crippen molar-refractivity contribution < 1.29 is 4.79 Å². The van der Waals surface area contributed by atoms with Crippen LogP contribution in [-0.4, -0.2) is 12.5 Å². The molecule has 0 bridgehead atoms. The van der Waals surface area contributed by atoms with Crippen LogP contribution in [0.5, 0.6) is 0 Å². The summed E-state index contributed by atoms with van der Waals surface area (Å²) in [7, 11) is 0. The standard InChI is InChI=1S/C10H12INOS/c1-2-3-4-5-12-10(13)8-6-9(11)14-7-8/h2-3,6-7H,4-5H2,1H3,(H,12,13)/b3-2+. The third kappa shape index (κ3) is 3.79. The lowest BCUT2D eigenvalue weighted by Gasteiger charge is -1.99. The molecule has 0 aliphatic rings. The van der Waals surface area contributed by atoms with Gasteiger partial charge in [-0.25, -0.2) is 0 Å². The highest BCUT2D eigenvalue weighted by Gasteiger charge is 2.05. The number of hydrogen-bond acceptors (Lipinski definition) is 2. The van der Waals surface area contributed by atoms with E-state index >= 15 is 0 Å². The molecule has 0 saturated carbocycles. The van der Waals surface area contributed by atoms with Crippen LogP contribution >= 0.6 is 33.9 Å². The molecule has 0 atom stereocenters. The maximum Gasteiger partial charge on any atom is 0.252 e. The van der Waals surface area contributed by atoms with Crippen molar-refractivity contribution in [3.8, 4) is 0 Å². The summed E-state index contributed by atoms with van der Waals surface area (Å²) in [5.41, 5.74) is 0.764. The molecule has 1 heterocycles. The van der Waals surface area contributed by atoms with E-state index in [1.807, 2.05) is 30.5 Å². The van der Waals surface area contributed by atoms with Crippen molar-refractivity contribution in [1.29, 1.82) is 0 Å². The molecular weight excluding hydrogens is 309 g/mol. The molecule has 1 aromatic heterocycles. The van der Waals surface area contributed by atoms with Gasteiger partial charge in [-0.05, 0) is 42.0 Å². The quantitative estimate of drug-likeness (QED) is 0.515. The zero-order chi connectivity index (χ0) is 10.4. The fourth-order valence-corrected chi connectivity index (χ4v) is 2.29. The van der Waals surface area contributed by atoms with Gasteiger partial charge in [0.25, 0.3) is 5.91 Å². The van der Waals surface area contributed by atoms with Crippen LogP contribution in [-0.2, 0) is 0 Å². The molecule has 76 valence electrons. The van der Waals surface area contributed by atoms with E-state index in [1.165, 1.54) is 0 Å². The minimum absolute atomic E-state index is 0.0219. The summed E-state index contributed by atoms with van der Waals surface area (Å²) in [6, 6.07) is 1.90. The lowest BCUT2D eigenvalue weighted by molar-refractivity contribution is 0.0955. The van der Waals surface area contributed by atoms with E-state index in [4.69, 9.17) is 0 Å². The Labute approximate surface area is 102 Å². The Morgan fingerprint density at radius 1 is 1.71 bits per heavy atom. The van der Waals surface area contributed by atoms with Crippen LogP contribution in [0.1, 0.15) is 23.7 Å². The maximum atomic E-state index is 11.5.